The van der Waals surface area contributed by atoms with Gasteiger partial charge in [0.25, 0.3) is 0 Å². The van der Waals surface area contributed by atoms with Crippen LogP contribution >= 0.6 is 0 Å². The summed E-state index contributed by atoms with van der Waals surface area (Å²) in [5, 5.41) is 3.07. The summed E-state index contributed by atoms with van der Waals surface area (Å²) in [5.41, 5.74) is 1.08. The van der Waals surface area contributed by atoms with Crippen LogP contribution in [0.15, 0.2) is 6.33 Å². The van der Waals surface area contributed by atoms with Gasteiger partial charge in [0.05, 0.1) is 5.56 Å². The molecule has 1 fully saturated rings. The van der Waals surface area contributed by atoms with Crippen LogP contribution in [0.5, 0.6) is 5.88 Å². The van der Waals surface area contributed by atoms with E-state index in [0.717, 1.165) is 36.5 Å². The maximum atomic E-state index is 5.82. The number of aromatic nitrogens is 2. The lowest BCUT2D eigenvalue weighted by atomic mass is 9.96. The van der Waals surface area contributed by atoms with Gasteiger partial charge < -0.3 is 10.1 Å². The highest BCUT2D eigenvalue weighted by Crippen LogP contribution is 2.28. The van der Waals surface area contributed by atoms with Gasteiger partial charge in [-0.1, -0.05) is 6.92 Å². The quantitative estimate of drug-likeness (QED) is 0.820. The summed E-state index contributed by atoms with van der Waals surface area (Å²) in [6.45, 7) is 2.09. The number of anilines is 1. The lowest BCUT2D eigenvalue weighted by Gasteiger charge is -2.26. The second kappa shape index (κ2) is 4.47. The Balaban J connectivity index is 2.20. The fourth-order valence-electron chi connectivity index (χ4n) is 1.68. The van der Waals surface area contributed by atoms with Crippen molar-refractivity contribution in [3.63, 3.8) is 0 Å². The predicted octanol–water partition coefficient (Wildman–Crippen LogP) is 2.01. The molecule has 2 rings (SSSR count). The first-order chi connectivity index (χ1) is 7.35. The number of hydrogen-bond donors (Lipinski definition) is 1. The van der Waals surface area contributed by atoms with E-state index in [2.05, 4.69) is 22.2 Å². The lowest BCUT2D eigenvalue weighted by molar-refractivity contribution is 0.113. The van der Waals surface area contributed by atoms with Crippen LogP contribution in [0.4, 0.5) is 5.82 Å². The van der Waals surface area contributed by atoms with Crippen LogP contribution in [-0.2, 0) is 6.42 Å². The number of rotatable bonds is 4. The molecule has 15 heavy (non-hydrogen) atoms. The summed E-state index contributed by atoms with van der Waals surface area (Å²) >= 11 is 0. The van der Waals surface area contributed by atoms with Crippen molar-refractivity contribution in [2.75, 3.05) is 12.4 Å². The van der Waals surface area contributed by atoms with Gasteiger partial charge in [-0.05, 0) is 25.7 Å². The first-order valence-electron chi connectivity index (χ1n) is 5.53. The highest BCUT2D eigenvalue weighted by atomic mass is 16.5. The van der Waals surface area contributed by atoms with Crippen molar-refractivity contribution in [3.05, 3.63) is 11.9 Å². The Hall–Kier alpha value is -1.32. The molecular weight excluding hydrogens is 190 g/mol. The molecule has 0 aliphatic heterocycles. The minimum Gasteiger partial charge on any atom is -0.474 e. The number of ether oxygens (including phenoxy) is 1. The molecule has 4 nitrogen and oxygen atoms in total. The molecule has 0 unspecified atom stereocenters. The molecule has 1 saturated carbocycles. The molecule has 4 heteroatoms. The van der Waals surface area contributed by atoms with Gasteiger partial charge in [0.1, 0.15) is 18.2 Å². The normalized spacial score (nSPS) is 15.9. The minimum absolute atomic E-state index is 0.370. The average Bonchev–Trinajstić information content (AvgIpc) is 2.22. The second-order valence-corrected chi connectivity index (χ2v) is 3.78. The molecule has 0 spiro atoms. The summed E-state index contributed by atoms with van der Waals surface area (Å²) in [4.78, 5) is 8.38. The highest BCUT2D eigenvalue weighted by molar-refractivity contribution is 5.48. The van der Waals surface area contributed by atoms with Crippen molar-refractivity contribution in [1.82, 2.24) is 9.97 Å². The van der Waals surface area contributed by atoms with Crippen molar-refractivity contribution in [1.29, 1.82) is 0 Å². The molecule has 1 aliphatic rings. The largest absolute Gasteiger partial charge is 0.474 e. The number of nitrogens with zero attached hydrogens (tertiary/aromatic N) is 2. The molecule has 1 aromatic heterocycles. The van der Waals surface area contributed by atoms with E-state index >= 15 is 0 Å². The van der Waals surface area contributed by atoms with E-state index in [1.807, 2.05) is 7.05 Å². The number of hydrogen-bond acceptors (Lipinski definition) is 4. The molecule has 0 amide bonds. The van der Waals surface area contributed by atoms with Crippen LogP contribution in [0.25, 0.3) is 0 Å². The van der Waals surface area contributed by atoms with Gasteiger partial charge >= 0.3 is 0 Å². The second-order valence-electron chi connectivity index (χ2n) is 3.78. The van der Waals surface area contributed by atoms with Gasteiger partial charge in [-0.25, -0.2) is 9.97 Å². The molecule has 0 aromatic carbocycles. The smallest absolute Gasteiger partial charge is 0.222 e. The third kappa shape index (κ3) is 2.03. The Morgan fingerprint density at radius 1 is 1.47 bits per heavy atom. The predicted molar refractivity (Wildman–Crippen MR) is 59.2 cm³/mol. The monoisotopic (exact) mass is 207 g/mol. The Labute approximate surface area is 90.1 Å². The maximum Gasteiger partial charge on any atom is 0.222 e. The third-order valence-electron chi connectivity index (χ3n) is 2.83. The number of nitrogens with one attached hydrogen (secondary N) is 1. The molecule has 82 valence electrons. The van der Waals surface area contributed by atoms with Crippen molar-refractivity contribution in [2.24, 2.45) is 0 Å². The van der Waals surface area contributed by atoms with Gasteiger partial charge in [-0.2, -0.15) is 0 Å². The zero-order chi connectivity index (χ0) is 10.7. The van der Waals surface area contributed by atoms with Gasteiger partial charge in [-0.15, -0.1) is 0 Å². The molecule has 0 saturated heterocycles. The zero-order valence-corrected chi connectivity index (χ0v) is 9.29. The van der Waals surface area contributed by atoms with E-state index in [0.29, 0.717) is 6.10 Å². The molecule has 1 N–H and O–H groups in total. The SMILES string of the molecule is CCc1c(NC)ncnc1OC1CCC1. The summed E-state index contributed by atoms with van der Waals surface area (Å²) in [7, 11) is 1.87. The average molecular weight is 207 g/mol. The molecular formula is C11H17N3O. The van der Waals surface area contributed by atoms with Crippen molar-refractivity contribution >= 4 is 5.82 Å². The van der Waals surface area contributed by atoms with E-state index in [-0.39, 0.29) is 0 Å². The van der Waals surface area contributed by atoms with Gasteiger partial charge in [-0.3, -0.25) is 0 Å². The van der Waals surface area contributed by atoms with E-state index in [9.17, 15) is 0 Å². The van der Waals surface area contributed by atoms with Crippen molar-refractivity contribution < 1.29 is 4.74 Å². The molecule has 1 aromatic rings. The Morgan fingerprint density at radius 2 is 2.27 bits per heavy atom. The first-order valence-corrected chi connectivity index (χ1v) is 5.53. The fraction of sp³-hybridized carbons (Fsp3) is 0.636. The first kappa shape index (κ1) is 10.2. The molecule has 1 heterocycles. The summed E-state index contributed by atoms with van der Waals surface area (Å²) in [6, 6.07) is 0. The minimum atomic E-state index is 0.370. The van der Waals surface area contributed by atoms with Crippen LogP contribution < -0.4 is 10.1 Å². The van der Waals surface area contributed by atoms with Crippen LogP contribution in [-0.4, -0.2) is 23.1 Å². The summed E-state index contributed by atoms with van der Waals surface area (Å²) in [6.07, 6.45) is 6.40. The van der Waals surface area contributed by atoms with Crippen LogP contribution in [0.1, 0.15) is 31.7 Å². The molecule has 0 radical (unpaired) electrons. The van der Waals surface area contributed by atoms with Crippen molar-refractivity contribution in [2.45, 2.75) is 38.7 Å². The van der Waals surface area contributed by atoms with Gasteiger partial charge in [0.15, 0.2) is 0 Å². The Morgan fingerprint density at radius 3 is 2.80 bits per heavy atom. The van der Waals surface area contributed by atoms with Gasteiger partial charge in [0, 0.05) is 7.05 Å². The van der Waals surface area contributed by atoms with Crippen LogP contribution in [0.3, 0.4) is 0 Å². The standard InChI is InChI=1S/C11H17N3O/c1-3-9-10(12-2)13-7-14-11(9)15-8-5-4-6-8/h7-8H,3-6H2,1-2H3,(H,12,13,14). The Bertz CT molecular complexity index is 337. The van der Waals surface area contributed by atoms with Crippen LogP contribution in [0.2, 0.25) is 0 Å². The van der Waals surface area contributed by atoms with E-state index in [1.165, 1.54) is 6.42 Å². The zero-order valence-electron chi connectivity index (χ0n) is 9.29. The summed E-state index contributed by atoms with van der Waals surface area (Å²) in [5.74, 6) is 1.63. The van der Waals surface area contributed by atoms with Crippen molar-refractivity contribution in [3.8, 4) is 5.88 Å². The molecule has 1 aliphatic carbocycles. The van der Waals surface area contributed by atoms with E-state index in [4.69, 9.17) is 4.74 Å². The van der Waals surface area contributed by atoms with E-state index in [1.54, 1.807) is 6.33 Å². The maximum absolute atomic E-state index is 5.82. The summed E-state index contributed by atoms with van der Waals surface area (Å²) < 4.78 is 5.82. The highest BCUT2D eigenvalue weighted by Gasteiger charge is 2.21. The van der Waals surface area contributed by atoms with E-state index < -0.39 is 0 Å². The third-order valence-corrected chi connectivity index (χ3v) is 2.83. The lowest BCUT2D eigenvalue weighted by Crippen LogP contribution is -2.25. The molecule has 0 bridgehead atoms. The van der Waals surface area contributed by atoms with Gasteiger partial charge in [0.2, 0.25) is 5.88 Å². The topological polar surface area (TPSA) is 47.0 Å². The Kier molecular flexibility index (Phi) is 3.04. The fourth-order valence-corrected chi connectivity index (χ4v) is 1.68. The molecule has 0 atom stereocenters. The van der Waals surface area contributed by atoms with Crippen LogP contribution in [0, 0.1) is 0 Å².